The van der Waals surface area contributed by atoms with E-state index in [1.165, 1.54) is 20.8 Å². The van der Waals surface area contributed by atoms with E-state index < -0.39 is 56.7 Å². The highest BCUT2D eigenvalue weighted by Crippen LogP contribution is 2.30. The summed E-state index contributed by atoms with van der Waals surface area (Å²) in [6, 6.07) is 1.88. The van der Waals surface area contributed by atoms with E-state index in [1.807, 2.05) is 0 Å². The Balaban J connectivity index is 3.12. The van der Waals surface area contributed by atoms with E-state index in [9.17, 15) is 14.4 Å². The van der Waals surface area contributed by atoms with Crippen molar-refractivity contribution in [3.63, 3.8) is 0 Å². The minimum atomic E-state index is -1.88. The number of esters is 3. The third-order valence-electron chi connectivity index (χ3n) is 4.86. The Morgan fingerprint density at radius 2 is 1.30 bits per heavy atom. The molecule has 0 bridgehead atoms. The number of carbonyl (C=O) groups excluding carboxylic acids is 3. The molecule has 1 saturated heterocycles. The van der Waals surface area contributed by atoms with Gasteiger partial charge in [0.05, 0.1) is 12.7 Å². The predicted octanol–water partition coefficient (Wildman–Crippen LogP) is 2.20. The summed E-state index contributed by atoms with van der Waals surface area (Å²) in [4.78, 5) is 34.8. The molecule has 0 aliphatic carbocycles. The van der Waals surface area contributed by atoms with Crippen LogP contribution in [0.2, 0.25) is 18.6 Å². The van der Waals surface area contributed by atoms with E-state index in [4.69, 9.17) is 23.4 Å². The van der Waals surface area contributed by atoms with Crippen molar-refractivity contribution in [1.29, 1.82) is 0 Å². The molecule has 1 heterocycles. The molecule has 8 nitrogen and oxygen atoms in total. The van der Waals surface area contributed by atoms with Gasteiger partial charge in [-0.25, -0.2) is 0 Å². The zero-order valence-electron chi connectivity index (χ0n) is 17.3. The highest BCUT2D eigenvalue weighted by molar-refractivity contribution is 6.72. The van der Waals surface area contributed by atoms with Crippen LogP contribution in [-0.2, 0) is 37.8 Å². The van der Waals surface area contributed by atoms with Crippen molar-refractivity contribution in [3.8, 4) is 0 Å². The highest BCUT2D eigenvalue weighted by Gasteiger charge is 2.50. The maximum atomic E-state index is 11.7. The molecule has 0 aromatic carbocycles. The van der Waals surface area contributed by atoms with Crippen LogP contribution in [0.25, 0.3) is 0 Å². The van der Waals surface area contributed by atoms with E-state index in [2.05, 4.69) is 20.4 Å². The summed E-state index contributed by atoms with van der Waals surface area (Å²) in [5.41, 5.74) is 0. The maximum absolute atomic E-state index is 11.7. The lowest BCUT2D eigenvalue weighted by Crippen LogP contribution is -2.62. The van der Waals surface area contributed by atoms with Gasteiger partial charge in [-0.15, -0.1) is 0 Å². The first kappa shape index (κ1) is 23.6. The smallest absolute Gasteiger partial charge is 0.303 e. The van der Waals surface area contributed by atoms with E-state index in [0.29, 0.717) is 0 Å². The molecule has 9 heteroatoms. The molecule has 1 fully saturated rings. The number of rotatable bonds is 8. The normalized spacial score (nSPS) is 28.3. The molecule has 0 radical (unpaired) electrons. The Kier molecular flexibility index (Phi) is 8.90. The minimum Gasteiger partial charge on any atom is -0.456 e. The van der Waals surface area contributed by atoms with Gasteiger partial charge in [0.25, 0.3) is 0 Å². The molecule has 0 spiro atoms. The molecule has 1 rings (SSSR count). The second-order valence-electron chi connectivity index (χ2n) is 7.07. The lowest BCUT2D eigenvalue weighted by Gasteiger charge is -2.44. The molecular formula is C18H32O8Si. The van der Waals surface area contributed by atoms with E-state index in [0.717, 1.165) is 12.1 Å². The van der Waals surface area contributed by atoms with Gasteiger partial charge >= 0.3 is 17.9 Å². The summed E-state index contributed by atoms with van der Waals surface area (Å²) in [5.74, 6) is -1.65. The van der Waals surface area contributed by atoms with Crippen molar-refractivity contribution in [3.05, 3.63) is 0 Å². The lowest BCUT2D eigenvalue weighted by atomic mass is 9.95. The first-order valence-electron chi connectivity index (χ1n) is 9.34. The second kappa shape index (κ2) is 10.2. The maximum Gasteiger partial charge on any atom is 0.303 e. The van der Waals surface area contributed by atoms with Crippen molar-refractivity contribution < 1.29 is 37.8 Å². The zero-order chi connectivity index (χ0) is 20.8. The van der Waals surface area contributed by atoms with Crippen LogP contribution >= 0.6 is 0 Å². The first-order chi connectivity index (χ1) is 12.5. The van der Waals surface area contributed by atoms with Gasteiger partial charge in [-0.2, -0.15) is 0 Å². The highest BCUT2D eigenvalue weighted by atomic mass is 28.4. The fraction of sp³-hybridized carbons (Fsp3) is 0.833. The van der Waals surface area contributed by atoms with Crippen molar-refractivity contribution in [2.24, 2.45) is 0 Å². The van der Waals surface area contributed by atoms with Crippen LogP contribution in [0.1, 0.15) is 41.5 Å². The summed E-state index contributed by atoms with van der Waals surface area (Å²) in [5, 5.41) is 0. The van der Waals surface area contributed by atoms with Crippen LogP contribution in [0.5, 0.6) is 0 Å². The number of ether oxygens (including phenoxy) is 4. The molecule has 156 valence electrons. The van der Waals surface area contributed by atoms with Gasteiger partial charge in [0.2, 0.25) is 0 Å². The van der Waals surface area contributed by atoms with Crippen LogP contribution < -0.4 is 0 Å². The molecule has 1 aliphatic heterocycles. The third kappa shape index (κ3) is 6.89. The number of carbonyl (C=O) groups is 3. The quantitative estimate of drug-likeness (QED) is 0.345. The van der Waals surface area contributed by atoms with Crippen LogP contribution in [-0.4, -0.2) is 63.4 Å². The summed E-state index contributed by atoms with van der Waals surface area (Å²) >= 11 is 0. The standard InChI is InChI=1S/C18H32O8Si/c1-8-27(7,9-2)22-10-15-17(25-13(5)20)18(26-14(6)21)16(11(3)23-15)24-12(4)19/h11,15-18H,8-10H2,1-7H3/t11?,15-,16-,17?,18?/m1/s1. The topological polar surface area (TPSA) is 97.4 Å². The van der Waals surface area contributed by atoms with Crippen LogP contribution in [0.3, 0.4) is 0 Å². The Labute approximate surface area is 161 Å². The average Bonchev–Trinajstić information content (AvgIpc) is 2.57. The molecule has 27 heavy (non-hydrogen) atoms. The SMILES string of the molecule is CC[Si](C)(CC)OC[C@H]1OC(C)[C@@H](OC(C)=O)C(OC(C)=O)C1OC(C)=O. The summed E-state index contributed by atoms with van der Waals surface area (Å²) in [7, 11) is -1.88. The van der Waals surface area contributed by atoms with Gasteiger partial charge in [-0.3, -0.25) is 14.4 Å². The Hall–Kier alpha value is -1.45. The van der Waals surface area contributed by atoms with Gasteiger partial charge in [0, 0.05) is 20.8 Å². The molecule has 0 amide bonds. The van der Waals surface area contributed by atoms with Crippen molar-refractivity contribution in [1.82, 2.24) is 0 Å². The van der Waals surface area contributed by atoms with Gasteiger partial charge in [0.15, 0.2) is 26.6 Å². The molecule has 0 aromatic rings. The number of hydrogen-bond donors (Lipinski definition) is 0. The molecule has 1 aliphatic rings. The second-order valence-corrected chi connectivity index (χ2v) is 11.7. The van der Waals surface area contributed by atoms with Crippen molar-refractivity contribution >= 4 is 26.2 Å². The fourth-order valence-electron chi connectivity index (χ4n) is 2.98. The molecular weight excluding hydrogens is 372 g/mol. The Morgan fingerprint density at radius 3 is 1.74 bits per heavy atom. The first-order valence-corrected chi connectivity index (χ1v) is 12.2. The summed E-state index contributed by atoms with van der Waals surface area (Å²) < 4.78 is 28.2. The summed E-state index contributed by atoms with van der Waals surface area (Å²) in [6.07, 6.45) is -3.98. The van der Waals surface area contributed by atoms with E-state index >= 15 is 0 Å². The lowest BCUT2D eigenvalue weighted by molar-refractivity contribution is -0.247. The van der Waals surface area contributed by atoms with Gasteiger partial charge in [0.1, 0.15) is 6.10 Å². The largest absolute Gasteiger partial charge is 0.456 e. The number of hydrogen-bond acceptors (Lipinski definition) is 8. The molecule has 0 saturated carbocycles. The molecule has 0 aromatic heterocycles. The van der Waals surface area contributed by atoms with Crippen LogP contribution in [0, 0.1) is 0 Å². The summed E-state index contributed by atoms with van der Waals surface area (Å²) in [6.45, 7) is 12.0. The molecule has 3 unspecified atom stereocenters. The van der Waals surface area contributed by atoms with E-state index in [-0.39, 0.29) is 6.61 Å². The van der Waals surface area contributed by atoms with Crippen molar-refractivity contribution in [2.75, 3.05) is 6.61 Å². The Bertz CT molecular complexity index is 533. The minimum absolute atomic E-state index is 0.206. The van der Waals surface area contributed by atoms with Gasteiger partial charge < -0.3 is 23.4 Å². The zero-order valence-corrected chi connectivity index (χ0v) is 18.3. The van der Waals surface area contributed by atoms with E-state index in [1.54, 1.807) is 6.92 Å². The van der Waals surface area contributed by atoms with Crippen LogP contribution in [0.4, 0.5) is 0 Å². The molecule has 5 atom stereocenters. The predicted molar refractivity (Wildman–Crippen MR) is 99.5 cm³/mol. The average molecular weight is 405 g/mol. The third-order valence-corrected chi connectivity index (χ3v) is 8.72. The van der Waals surface area contributed by atoms with Crippen molar-refractivity contribution in [2.45, 2.75) is 90.7 Å². The van der Waals surface area contributed by atoms with Gasteiger partial charge in [-0.05, 0) is 25.6 Å². The van der Waals surface area contributed by atoms with Gasteiger partial charge in [-0.1, -0.05) is 13.8 Å². The fourth-order valence-corrected chi connectivity index (χ4v) is 4.46. The molecule has 0 N–H and O–H groups in total. The monoisotopic (exact) mass is 404 g/mol. The Morgan fingerprint density at radius 1 is 0.852 bits per heavy atom. The van der Waals surface area contributed by atoms with Crippen LogP contribution in [0.15, 0.2) is 0 Å².